The van der Waals surface area contributed by atoms with Crippen molar-refractivity contribution in [2.45, 2.75) is 16.3 Å². The molecule has 4 rings (SSSR count). The van der Waals surface area contributed by atoms with Crippen molar-refractivity contribution in [2.75, 3.05) is 10.6 Å². The second-order valence-electron chi connectivity index (χ2n) is 8.88. The van der Waals surface area contributed by atoms with Crippen molar-refractivity contribution in [3.8, 4) is 0 Å². The Morgan fingerprint density at radius 3 is 2.00 bits per heavy atom. The second-order valence-corrected chi connectivity index (χ2v) is 12.0. The monoisotopic (exact) mass is 720 g/mol. The third-order valence-corrected chi connectivity index (χ3v) is 9.33. The molecule has 0 bridgehead atoms. The summed E-state index contributed by atoms with van der Waals surface area (Å²) in [6.45, 7) is 0. The highest BCUT2D eigenvalue weighted by atomic mass is 35.5. The Morgan fingerprint density at radius 2 is 1.39 bits per heavy atom. The van der Waals surface area contributed by atoms with Gasteiger partial charge < -0.3 is 15.7 Å². The van der Waals surface area contributed by atoms with Gasteiger partial charge in [-0.3, -0.25) is 9.59 Å². The van der Waals surface area contributed by atoms with E-state index in [2.05, 4.69) is 10.6 Å². The van der Waals surface area contributed by atoms with Crippen LogP contribution in [0.25, 0.3) is 0 Å². The van der Waals surface area contributed by atoms with Gasteiger partial charge in [0, 0.05) is 10.6 Å². The average Bonchev–Trinajstić information content (AvgIpc) is 2.97. The van der Waals surface area contributed by atoms with Crippen LogP contribution in [-0.2, 0) is 11.0 Å². The summed E-state index contributed by atoms with van der Waals surface area (Å²) in [5.41, 5.74) is -1.67. The molecule has 1 unspecified atom stereocenters. The van der Waals surface area contributed by atoms with Crippen molar-refractivity contribution in [3.63, 3.8) is 0 Å². The van der Waals surface area contributed by atoms with Crippen molar-refractivity contribution in [3.05, 3.63) is 120 Å². The van der Waals surface area contributed by atoms with E-state index >= 15 is 0 Å². The smallest absolute Gasteiger partial charge is 0.416 e. The molecule has 1 atom stereocenters. The minimum Gasteiger partial charge on any atom is -0.478 e. The zero-order chi connectivity index (χ0) is 32.3. The Labute approximate surface area is 277 Å². The maximum Gasteiger partial charge on any atom is 0.416 e. The van der Waals surface area contributed by atoms with E-state index in [1.165, 1.54) is 12.1 Å². The van der Waals surface area contributed by atoms with Crippen molar-refractivity contribution in [2.24, 2.45) is 0 Å². The molecule has 0 aromatic heterocycles. The molecule has 3 N–H and O–H groups in total. The van der Waals surface area contributed by atoms with Gasteiger partial charge in [0.15, 0.2) is 0 Å². The number of carboxylic acids is 1. The Hall–Kier alpha value is -3.12. The van der Waals surface area contributed by atoms with Crippen LogP contribution in [0.5, 0.6) is 0 Å². The van der Waals surface area contributed by atoms with Gasteiger partial charge in [0.2, 0.25) is 5.91 Å². The minimum atomic E-state index is -4.65. The molecule has 0 aliphatic rings. The van der Waals surface area contributed by atoms with Gasteiger partial charge in [0.05, 0.1) is 47.5 Å². The Kier molecular flexibility index (Phi) is 10.7. The molecule has 0 heterocycles. The molecular formula is C29H16Cl5F3N2O4S. The van der Waals surface area contributed by atoms with Gasteiger partial charge in [-0.2, -0.15) is 13.2 Å². The fourth-order valence-corrected chi connectivity index (χ4v) is 6.19. The van der Waals surface area contributed by atoms with E-state index in [9.17, 15) is 32.7 Å². The molecule has 0 radical (unpaired) electrons. The van der Waals surface area contributed by atoms with Gasteiger partial charge in [0.25, 0.3) is 5.91 Å². The normalized spacial score (nSPS) is 12.0. The number of nitrogens with one attached hydrogen (secondary N) is 2. The van der Waals surface area contributed by atoms with Crippen LogP contribution in [-0.4, -0.2) is 22.9 Å². The molecule has 4 aromatic carbocycles. The van der Waals surface area contributed by atoms with Crippen LogP contribution < -0.4 is 10.6 Å². The van der Waals surface area contributed by atoms with Gasteiger partial charge >= 0.3 is 12.1 Å². The lowest BCUT2D eigenvalue weighted by Crippen LogP contribution is -2.20. The van der Waals surface area contributed by atoms with E-state index in [1.54, 1.807) is 42.5 Å². The third-order valence-electron chi connectivity index (χ3n) is 5.95. The summed E-state index contributed by atoms with van der Waals surface area (Å²) < 4.78 is 39.8. The first-order valence-corrected chi connectivity index (χ1v) is 14.9. The molecule has 2 amide bonds. The number of hydrogen-bond donors (Lipinski definition) is 3. The maximum absolute atomic E-state index is 13.5. The fraction of sp³-hybridized carbons (Fsp3) is 0.0690. The highest BCUT2D eigenvalue weighted by Gasteiger charge is 2.32. The minimum absolute atomic E-state index is 0.0883. The van der Waals surface area contributed by atoms with Gasteiger partial charge in [-0.25, -0.2) is 4.79 Å². The number of amides is 2. The van der Waals surface area contributed by atoms with E-state index in [0.717, 1.165) is 30.0 Å². The predicted molar refractivity (Wildman–Crippen MR) is 168 cm³/mol. The summed E-state index contributed by atoms with van der Waals surface area (Å²) in [6, 6.07) is 17.2. The summed E-state index contributed by atoms with van der Waals surface area (Å²) >= 11 is 31.4. The summed E-state index contributed by atoms with van der Waals surface area (Å²) in [4.78, 5) is 39.0. The lowest BCUT2D eigenvalue weighted by molar-refractivity contribution is -0.137. The van der Waals surface area contributed by atoms with Crippen LogP contribution >= 0.6 is 69.8 Å². The van der Waals surface area contributed by atoms with Crippen LogP contribution in [0.2, 0.25) is 25.1 Å². The molecule has 0 spiro atoms. The van der Waals surface area contributed by atoms with Gasteiger partial charge in [-0.05, 0) is 42.0 Å². The summed E-state index contributed by atoms with van der Waals surface area (Å²) in [6.07, 6.45) is -4.65. The maximum atomic E-state index is 13.5. The Bertz CT molecular complexity index is 1770. The largest absolute Gasteiger partial charge is 0.478 e. The summed E-state index contributed by atoms with van der Waals surface area (Å²) in [7, 11) is 0. The van der Waals surface area contributed by atoms with Crippen LogP contribution in [0.3, 0.4) is 0 Å². The molecule has 0 aliphatic carbocycles. The van der Waals surface area contributed by atoms with E-state index in [4.69, 9.17) is 58.0 Å². The molecule has 0 aliphatic heterocycles. The van der Waals surface area contributed by atoms with Gasteiger partial charge in [-0.15, -0.1) is 11.8 Å². The lowest BCUT2D eigenvalue weighted by atomic mass is 10.1. The van der Waals surface area contributed by atoms with Gasteiger partial charge in [0.1, 0.15) is 5.25 Å². The van der Waals surface area contributed by atoms with Crippen molar-refractivity contribution >= 4 is 98.9 Å². The van der Waals surface area contributed by atoms with Gasteiger partial charge in [-0.1, -0.05) is 94.4 Å². The zero-order valence-corrected chi connectivity index (χ0v) is 26.2. The molecule has 0 saturated carbocycles. The molecule has 44 heavy (non-hydrogen) atoms. The first-order chi connectivity index (χ1) is 20.7. The molecule has 4 aromatic rings. The standard InChI is InChI=1S/C29H16Cl5F3N2O4S/c30-17-10-9-14(29(35,36)37)11-18(17)39-27(41)25(13-5-2-1-3-6-13)44-16-8-4-7-15(12-16)38-26(40)19-20(28(42)43)22(32)24(34)23(33)21(19)31/h1-12,25H,(H,38,40)(H,39,41)(H,42,43). The summed E-state index contributed by atoms with van der Waals surface area (Å²) in [5, 5.41) is 12.1. The lowest BCUT2D eigenvalue weighted by Gasteiger charge is -2.19. The highest BCUT2D eigenvalue weighted by molar-refractivity contribution is 8.00. The zero-order valence-electron chi connectivity index (χ0n) is 21.6. The van der Waals surface area contributed by atoms with Crippen LogP contribution in [0, 0.1) is 0 Å². The molecule has 6 nitrogen and oxygen atoms in total. The predicted octanol–water partition coefficient (Wildman–Crippen LogP) is 10.4. The fourth-order valence-electron chi connectivity index (χ4n) is 3.92. The van der Waals surface area contributed by atoms with E-state index < -0.39 is 55.9 Å². The topological polar surface area (TPSA) is 95.5 Å². The van der Waals surface area contributed by atoms with E-state index in [-0.39, 0.29) is 26.4 Å². The number of thioether (sulfide) groups is 1. The van der Waals surface area contributed by atoms with E-state index in [0.29, 0.717) is 10.5 Å². The number of aromatic carboxylic acids is 1. The second kappa shape index (κ2) is 13.9. The number of alkyl halides is 3. The van der Waals surface area contributed by atoms with Crippen LogP contribution in [0.15, 0.2) is 77.7 Å². The first kappa shape index (κ1) is 33.8. The highest BCUT2D eigenvalue weighted by Crippen LogP contribution is 2.43. The van der Waals surface area contributed by atoms with Crippen LogP contribution in [0.1, 0.15) is 37.1 Å². The number of carbonyl (C=O) groups excluding carboxylic acids is 2. The molecule has 0 fully saturated rings. The third kappa shape index (κ3) is 7.56. The number of carboxylic acid groups (broad SMARTS) is 1. The quantitative estimate of drug-likeness (QED) is 0.0956. The molecule has 228 valence electrons. The van der Waals surface area contributed by atoms with Crippen molar-refractivity contribution in [1.82, 2.24) is 0 Å². The molecular weight excluding hydrogens is 707 g/mol. The number of benzene rings is 4. The number of anilines is 2. The first-order valence-electron chi connectivity index (χ1n) is 12.1. The average molecular weight is 723 g/mol. The Balaban J connectivity index is 1.64. The number of carbonyl (C=O) groups is 3. The molecule has 15 heteroatoms. The number of hydrogen-bond acceptors (Lipinski definition) is 4. The SMILES string of the molecule is O=C(O)c1c(Cl)c(Cl)c(Cl)c(Cl)c1C(=O)Nc1cccc(SC(C(=O)Nc2cc(C(F)(F)F)ccc2Cl)c2ccccc2)c1. The molecule has 0 saturated heterocycles. The summed E-state index contributed by atoms with van der Waals surface area (Å²) in [5.74, 6) is -3.19. The van der Waals surface area contributed by atoms with Crippen molar-refractivity contribution in [1.29, 1.82) is 0 Å². The number of rotatable bonds is 8. The Morgan fingerprint density at radius 1 is 0.750 bits per heavy atom. The van der Waals surface area contributed by atoms with E-state index in [1.807, 2.05) is 0 Å². The van der Waals surface area contributed by atoms with Crippen molar-refractivity contribution < 1.29 is 32.7 Å². The van der Waals surface area contributed by atoms with Crippen LogP contribution in [0.4, 0.5) is 24.5 Å². The number of halogens is 8.